The van der Waals surface area contributed by atoms with Gasteiger partial charge in [0.15, 0.2) is 0 Å². The highest BCUT2D eigenvalue weighted by atomic mass is 16.2. The third-order valence-corrected chi connectivity index (χ3v) is 2.63. The number of anilines is 1. The molecule has 0 aromatic heterocycles. The van der Waals surface area contributed by atoms with Crippen molar-refractivity contribution in [2.24, 2.45) is 11.7 Å². The SMILES string of the molecule is CC(C)C(=O)Nc1ccc(CNC(=O)C(C)N)cc1. The third kappa shape index (κ3) is 5.09. The fourth-order valence-corrected chi connectivity index (χ4v) is 1.34. The average Bonchev–Trinajstić information content (AvgIpc) is 2.37. The van der Waals surface area contributed by atoms with Gasteiger partial charge in [0.25, 0.3) is 0 Å². The number of nitrogens with two attached hydrogens (primary N) is 1. The van der Waals surface area contributed by atoms with Crippen LogP contribution in [-0.2, 0) is 16.1 Å². The summed E-state index contributed by atoms with van der Waals surface area (Å²) in [5, 5.41) is 5.53. The fraction of sp³-hybridized carbons (Fsp3) is 0.429. The summed E-state index contributed by atoms with van der Waals surface area (Å²) in [4.78, 5) is 22.8. The van der Waals surface area contributed by atoms with Crippen molar-refractivity contribution in [3.8, 4) is 0 Å². The molecule has 1 rings (SSSR count). The van der Waals surface area contributed by atoms with E-state index in [1.165, 1.54) is 0 Å². The molecule has 1 unspecified atom stereocenters. The van der Waals surface area contributed by atoms with E-state index in [4.69, 9.17) is 5.73 Å². The Kier molecular flexibility index (Phi) is 5.51. The molecule has 0 aliphatic heterocycles. The van der Waals surface area contributed by atoms with Gasteiger partial charge in [-0.15, -0.1) is 0 Å². The van der Waals surface area contributed by atoms with E-state index in [9.17, 15) is 9.59 Å². The molecule has 0 spiro atoms. The van der Waals surface area contributed by atoms with Crippen molar-refractivity contribution in [2.75, 3.05) is 5.32 Å². The second kappa shape index (κ2) is 6.89. The van der Waals surface area contributed by atoms with Gasteiger partial charge in [-0.2, -0.15) is 0 Å². The summed E-state index contributed by atoms with van der Waals surface area (Å²) >= 11 is 0. The maximum absolute atomic E-state index is 11.5. The summed E-state index contributed by atoms with van der Waals surface area (Å²) in [6.07, 6.45) is 0. The van der Waals surface area contributed by atoms with Gasteiger partial charge in [-0.05, 0) is 24.6 Å². The molecule has 104 valence electrons. The van der Waals surface area contributed by atoms with Crippen LogP contribution in [-0.4, -0.2) is 17.9 Å². The quantitative estimate of drug-likeness (QED) is 0.747. The predicted octanol–water partition coefficient (Wildman–Crippen LogP) is 1.24. The maximum atomic E-state index is 11.5. The van der Waals surface area contributed by atoms with Crippen LogP contribution in [0, 0.1) is 5.92 Å². The number of carbonyl (C=O) groups is 2. The van der Waals surface area contributed by atoms with E-state index in [1.807, 2.05) is 38.1 Å². The van der Waals surface area contributed by atoms with Crippen molar-refractivity contribution in [3.05, 3.63) is 29.8 Å². The summed E-state index contributed by atoms with van der Waals surface area (Å²) in [6.45, 7) is 5.75. The van der Waals surface area contributed by atoms with Gasteiger partial charge in [0.1, 0.15) is 0 Å². The first-order chi connectivity index (χ1) is 8.90. The molecule has 5 nitrogen and oxygen atoms in total. The van der Waals surface area contributed by atoms with Crippen LogP contribution in [0.5, 0.6) is 0 Å². The largest absolute Gasteiger partial charge is 0.351 e. The molecule has 0 bridgehead atoms. The summed E-state index contributed by atoms with van der Waals surface area (Å²) in [6, 6.07) is 6.83. The van der Waals surface area contributed by atoms with E-state index in [0.29, 0.717) is 6.54 Å². The highest BCUT2D eigenvalue weighted by Gasteiger charge is 2.08. The minimum atomic E-state index is -0.510. The molecule has 19 heavy (non-hydrogen) atoms. The average molecular weight is 263 g/mol. The van der Waals surface area contributed by atoms with Gasteiger partial charge in [-0.3, -0.25) is 9.59 Å². The van der Waals surface area contributed by atoms with E-state index in [1.54, 1.807) is 6.92 Å². The fourth-order valence-electron chi connectivity index (χ4n) is 1.34. The number of nitrogens with one attached hydrogen (secondary N) is 2. The summed E-state index contributed by atoms with van der Waals surface area (Å²) in [5.41, 5.74) is 7.15. The van der Waals surface area contributed by atoms with E-state index in [2.05, 4.69) is 10.6 Å². The van der Waals surface area contributed by atoms with Gasteiger partial charge in [0, 0.05) is 18.2 Å². The standard InChI is InChI=1S/C14H21N3O2/c1-9(2)13(18)17-12-6-4-11(5-7-12)8-16-14(19)10(3)15/h4-7,9-10H,8,15H2,1-3H3,(H,16,19)(H,17,18). The minimum absolute atomic E-state index is 0.0157. The zero-order chi connectivity index (χ0) is 14.4. The third-order valence-electron chi connectivity index (χ3n) is 2.63. The van der Waals surface area contributed by atoms with Gasteiger partial charge in [-0.1, -0.05) is 26.0 Å². The van der Waals surface area contributed by atoms with E-state index >= 15 is 0 Å². The molecule has 0 saturated heterocycles. The summed E-state index contributed by atoms with van der Waals surface area (Å²) < 4.78 is 0. The maximum Gasteiger partial charge on any atom is 0.236 e. The lowest BCUT2D eigenvalue weighted by atomic mass is 10.1. The van der Waals surface area contributed by atoms with Crippen molar-refractivity contribution in [3.63, 3.8) is 0 Å². The van der Waals surface area contributed by atoms with Crippen molar-refractivity contribution in [1.29, 1.82) is 0 Å². The van der Waals surface area contributed by atoms with Crippen LogP contribution in [0.4, 0.5) is 5.69 Å². The molecule has 1 aromatic carbocycles. The molecule has 0 fully saturated rings. The zero-order valence-electron chi connectivity index (χ0n) is 11.6. The Hall–Kier alpha value is -1.88. The van der Waals surface area contributed by atoms with Crippen molar-refractivity contribution in [1.82, 2.24) is 5.32 Å². The molecule has 5 heteroatoms. The zero-order valence-corrected chi connectivity index (χ0v) is 11.6. The molecule has 0 aliphatic carbocycles. The Balaban J connectivity index is 2.52. The van der Waals surface area contributed by atoms with Crippen LogP contribution in [0.25, 0.3) is 0 Å². The van der Waals surface area contributed by atoms with Crippen molar-refractivity contribution in [2.45, 2.75) is 33.4 Å². The highest BCUT2D eigenvalue weighted by molar-refractivity contribution is 5.92. The lowest BCUT2D eigenvalue weighted by Crippen LogP contribution is -2.37. The Bertz CT molecular complexity index is 439. The van der Waals surface area contributed by atoms with Gasteiger partial charge in [0.2, 0.25) is 11.8 Å². The molecule has 2 amide bonds. The number of benzene rings is 1. The van der Waals surface area contributed by atoms with Crippen LogP contribution in [0.15, 0.2) is 24.3 Å². The smallest absolute Gasteiger partial charge is 0.236 e. The van der Waals surface area contributed by atoms with Gasteiger partial charge in [-0.25, -0.2) is 0 Å². The van der Waals surface area contributed by atoms with E-state index in [-0.39, 0.29) is 17.7 Å². The number of amides is 2. The number of rotatable bonds is 5. The normalized spacial score (nSPS) is 12.1. The molecular formula is C14H21N3O2. The Morgan fingerprint density at radius 2 is 1.68 bits per heavy atom. The second-order valence-corrected chi connectivity index (χ2v) is 4.85. The number of hydrogen-bond acceptors (Lipinski definition) is 3. The molecule has 0 radical (unpaired) electrons. The van der Waals surface area contributed by atoms with Crippen molar-refractivity contribution >= 4 is 17.5 Å². The summed E-state index contributed by atoms with van der Waals surface area (Å²) in [5.74, 6) is -0.250. The Morgan fingerprint density at radius 1 is 1.11 bits per heavy atom. The second-order valence-electron chi connectivity index (χ2n) is 4.85. The van der Waals surface area contributed by atoms with Crippen LogP contribution in [0.3, 0.4) is 0 Å². The minimum Gasteiger partial charge on any atom is -0.351 e. The monoisotopic (exact) mass is 263 g/mol. The van der Waals surface area contributed by atoms with Crippen molar-refractivity contribution < 1.29 is 9.59 Å². The lowest BCUT2D eigenvalue weighted by molar-refractivity contribution is -0.122. The molecule has 0 heterocycles. The van der Waals surface area contributed by atoms with E-state index in [0.717, 1.165) is 11.3 Å². The molecule has 0 saturated carbocycles. The molecule has 1 atom stereocenters. The van der Waals surface area contributed by atoms with Crippen LogP contribution >= 0.6 is 0 Å². The first-order valence-electron chi connectivity index (χ1n) is 6.33. The molecule has 0 aliphatic rings. The van der Waals surface area contributed by atoms with Crippen LogP contribution in [0.1, 0.15) is 26.3 Å². The number of carbonyl (C=O) groups excluding carboxylic acids is 2. The Morgan fingerprint density at radius 3 is 2.16 bits per heavy atom. The summed E-state index contributed by atoms with van der Waals surface area (Å²) in [7, 11) is 0. The number of hydrogen-bond donors (Lipinski definition) is 3. The van der Waals surface area contributed by atoms with Crippen LogP contribution < -0.4 is 16.4 Å². The van der Waals surface area contributed by atoms with E-state index < -0.39 is 6.04 Å². The van der Waals surface area contributed by atoms with Gasteiger partial charge < -0.3 is 16.4 Å². The van der Waals surface area contributed by atoms with Gasteiger partial charge >= 0.3 is 0 Å². The topological polar surface area (TPSA) is 84.2 Å². The first kappa shape index (κ1) is 15.2. The Labute approximate surface area is 113 Å². The first-order valence-corrected chi connectivity index (χ1v) is 6.33. The predicted molar refractivity (Wildman–Crippen MR) is 75.4 cm³/mol. The molecule has 4 N–H and O–H groups in total. The molecular weight excluding hydrogens is 242 g/mol. The lowest BCUT2D eigenvalue weighted by Gasteiger charge is -2.10. The van der Waals surface area contributed by atoms with Gasteiger partial charge in [0.05, 0.1) is 6.04 Å². The van der Waals surface area contributed by atoms with Crippen LogP contribution in [0.2, 0.25) is 0 Å². The molecule has 1 aromatic rings. The highest BCUT2D eigenvalue weighted by Crippen LogP contribution is 2.10.